The van der Waals surface area contributed by atoms with Gasteiger partial charge in [-0.15, -0.1) is 17.0 Å². The Labute approximate surface area is 556 Å². The third-order valence-corrected chi connectivity index (χ3v) is 15.7. The second-order valence-corrected chi connectivity index (χ2v) is 23.7. The molecule has 12 rings (SSSR count). The average Bonchev–Trinajstić information content (AvgIpc) is 1.94. The number of furan rings is 3. The Hall–Kier alpha value is -9.89. The van der Waals surface area contributed by atoms with Crippen LogP contribution < -0.4 is 26.6 Å². The largest absolute Gasteiger partial charge is 0.596 e. The molecule has 9 aromatic rings. The first-order valence-electron chi connectivity index (χ1n) is 30.5. The van der Waals surface area contributed by atoms with E-state index >= 15 is 0 Å². The molecular formula is C73H88ClN12O8+. The fourth-order valence-electron chi connectivity index (χ4n) is 10.5. The molecule has 0 radical (unpaired) electrons. The number of rotatable bonds is 12. The van der Waals surface area contributed by atoms with Gasteiger partial charge in [0.05, 0.1) is 31.7 Å². The fourth-order valence-corrected chi connectivity index (χ4v) is 10.5. The van der Waals surface area contributed by atoms with Crippen molar-refractivity contribution in [1.82, 2.24) is 40.3 Å². The number of likely N-dealkylation sites (N-methyl/N-ethyl adjacent to an activating group) is 3. The van der Waals surface area contributed by atoms with E-state index in [2.05, 4.69) is 53.7 Å². The van der Waals surface area contributed by atoms with E-state index in [0.29, 0.717) is 38.5 Å². The topological polar surface area (TPSA) is 228 Å². The number of aromatic nitrogens is 3. The Bertz CT molecular complexity index is 4100. The number of pyridine rings is 3. The number of fused-ring (bicyclic) bond motifs is 6. The Balaban J connectivity index is 0.000000198. The summed E-state index contributed by atoms with van der Waals surface area (Å²) in [5.74, 6) is 4.58. The number of carbonyl (C=O) groups excluding carboxylic acids is 4. The summed E-state index contributed by atoms with van der Waals surface area (Å²) in [5, 5.41) is 19.7. The molecule has 0 saturated heterocycles. The number of hydrogen-bond acceptors (Lipinski definition) is 16. The lowest BCUT2D eigenvalue weighted by Gasteiger charge is -2.16. The predicted octanol–water partition coefficient (Wildman–Crippen LogP) is 12.9. The molecule has 0 bridgehead atoms. The number of hydrogen-bond donors (Lipinski definition) is 5. The van der Waals surface area contributed by atoms with Crippen LogP contribution in [-0.4, -0.2) is 130 Å². The van der Waals surface area contributed by atoms with Gasteiger partial charge in [0.15, 0.2) is 12.8 Å². The van der Waals surface area contributed by atoms with Gasteiger partial charge in [0.2, 0.25) is 17.7 Å². The highest BCUT2D eigenvalue weighted by molar-refractivity contribution is 5.94. The molecule has 21 heteroatoms. The molecule has 3 aromatic carbocycles. The lowest BCUT2D eigenvalue weighted by atomic mass is 10.1. The van der Waals surface area contributed by atoms with Crippen molar-refractivity contribution >= 4 is 111 Å². The van der Waals surface area contributed by atoms with Crippen molar-refractivity contribution in [1.29, 1.82) is 0 Å². The third kappa shape index (κ3) is 18.2. The Morgan fingerprint density at radius 1 is 0.532 bits per heavy atom. The van der Waals surface area contributed by atoms with Crippen molar-refractivity contribution in [2.24, 2.45) is 0 Å². The van der Waals surface area contributed by atoms with E-state index in [4.69, 9.17) is 18.0 Å². The van der Waals surface area contributed by atoms with Gasteiger partial charge in [0.1, 0.15) is 57.1 Å². The number of benzene rings is 3. The van der Waals surface area contributed by atoms with E-state index in [1.807, 2.05) is 133 Å². The first-order chi connectivity index (χ1) is 43.8. The first kappa shape index (κ1) is 71.5. The van der Waals surface area contributed by atoms with Crippen molar-refractivity contribution in [3.8, 4) is 0 Å². The molecule has 3 aliphatic heterocycles. The molecule has 0 unspecified atom stereocenters. The van der Waals surface area contributed by atoms with Crippen LogP contribution in [-0.2, 0) is 51.8 Å². The maximum absolute atomic E-state index is 12.8. The van der Waals surface area contributed by atoms with Gasteiger partial charge < -0.3 is 59.3 Å². The van der Waals surface area contributed by atoms with Crippen molar-refractivity contribution in [3.05, 3.63) is 195 Å². The molecular weight excluding hydrogens is 1210 g/mol. The van der Waals surface area contributed by atoms with Crippen molar-refractivity contribution in [2.45, 2.75) is 94.7 Å². The Morgan fingerprint density at radius 3 is 1.28 bits per heavy atom. The van der Waals surface area contributed by atoms with Gasteiger partial charge in [0.25, 0.3) is 0 Å². The summed E-state index contributed by atoms with van der Waals surface area (Å²) in [4.78, 5) is 68.7. The van der Waals surface area contributed by atoms with Crippen molar-refractivity contribution in [2.75, 3.05) is 76.4 Å². The highest BCUT2D eigenvalue weighted by Gasteiger charge is 2.29. The number of amides is 4. The lowest BCUT2D eigenvalue weighted by Crippen LogP contribution is -2.33. The van der Waals surface area contributed by atoms with Crippen LogP contribution in [0.25, 0.3) is 51.1 Å². The van der Waals surface area contributed by atoms with Gasteiger partial charge in [-0.2, -0.15) is 4.79 Å². The highest BCUT2D eigenvalue weighted by atomic mass is 35.5. The molecule has 4 amide bonds. The quantitative estimate of drug-likeness (QED) is 0.0566. The van der Waals surface area contributed by atoms with Gasteiger partial charge >= 0.3 is 6.09 Å². The van der Waals surface area contributed by atoms with Gasteiger partial charge in [-0.1, -0.05) is 69.5 Å². The molecule has 0 saturated carbocycles. The van der Waals surface area contributed by atoms with E-state index < -0.39 is 11.7 Å². The van der Waals surface area contributed by atoms with E-state index in [1.54, 1.807) is 78.9 Å². The molecule has 0 fully saturated rings. The van der Waals surface area contributed by atoms with Gasteiger partial charge in [-0.25, -0.2) is 15.0 Å². The summed E-state index contributed by atoms with van der Waals surface area (Å²) in [6.07, 6.45) is 16.6. The number of carbonyl (C=O) groups is 4. The lowest BCUT2D eigenvalue weighted by molar-refractivity contribution is -0.442. The van der Waals surface area contributed by atoms with Crippen LogP contribution in [0.3, 0.4) is 0 Å². The highest BCUT2D eigenvalue weighted by Crippen LogP contribution is 2.29. The SMILES string of the molecule is C.C.Cc1c(CN(C)C(=O)/C=C/c2cnc3c(c2)C=[N+](C(=O)OC(C)(C)C)CCN3)oc2ccccc12.Cc1c(CN(C)C(=O)/C=C/c2cnc3c(c2)CNCCN3)oc2ccccc12.Cc1c(CN(C)C(=O)/C=C/c2cnc3c(c2)CNCCN3)oc2ccccc12.Cl. The zero-order valence-corrected chi connectivity index (χ0v) is 54.3. The zero-order chi connectivity index (χ0) is 64.2. The van der Waals surface area contributed by atoms with Crippen LogP contribution in [0.4, 0.5) is 22.2 Å². The number of aryl methyl sites for hydroxylation is 3. The fraction of sp³-hybridized carbons (Fsp3) is 0.315. The number of nitrogens with zero attached hydrogens (tertiary/aromatic N) is 7. The minimum atomic E-state index is -0.580. The standard InChI is InChI=1S/C27H30N4O4.2C22H24N4O2.2CH4.ClH/c1-18-21-8-6-7-9-22(21)34-23(18)17-30(5)24(32)11-10-19-14-20-16-31(26(33)35-27(2,3)4)13-12-28-25(20)29-15-19;2*1-15-18-5-3-4-6-19(18)28-20(15)14-26(2)21(27)8-7-16-11-17-13-23-9-10-24-22(17)25-12-16;;;/h6-11,14-16H,12-13,17H2,1-5H3;2*3-8,11-12,23H,9-10,13-14H2,1-2H3,(H,24,25);2*1H4;1H/p+1/b11-10+;2*8-7+;;;. The van der Waals surface area contributed by atoms with E-state index in [1.165, 1.54) is 10.7 Å². The first-order valence-corrected chi connectivity index (χ1v) is 30.5. The van der Waals surface area contributed by atoms with Crippen LogP contribution in [0, 0.1) is 20.8 Å². The number of anilines is 3. The average molecular weight is 1300 g/mol. The van der Waals surface area contributed by atoms with Crippen LogP contribution in [0.5, 0.6) is 0 Å². The van der Waals surface area contributed by atoms with Crippen LogP contribution in [0.15, 0.2) is 141 Å². The minimum absolute atomic E-state index is 0. The normalized spacial score (nSPS) is 13.4. The third-order valence-electron chi connectivity index (χ3n) is 15.7. The second kappa shape index (κ2) is 32.6. The Kier molecular flexibility index (Phi) is 24.8. The number of ether oxygens (including phenoxy) is 1. The Morgan fingerprint density at radius 2 is 0.894 bits per heavy atom. The van der Waals surface area contributed by atoms with E-state index in [0.717, 1.165) is 151 Å². The molecule has 0 spiro atoms. The number of halogens is 1. The molecule has 0 atom stereocenters. The summed E-state index contributed by atoms with van der Waals surface area (Å²) in [5.41, 5.74) is 10.7. The smallest absolute Gasteiger partial charge is 0.459 e. The molecule has 3 aliphatic rings. The monoisotopic (exact) mass is 1300 g/mol. The molecule has 94 heavy (non-hydrogen) atoms. The molecule has 0 aliphatic carbocycles. The van der Waals surface area contributed by atoms with Gasteiger partial charge in [-0.05, 0) is 113 Å². The van der Waals surface area contributed by atoms with Crippen LogP contribution >= 0.6 is 12.4 Å². The van der Waals surface area contributed by atoms with Gasteiger partial charge in [0, 0.05) is 141 Å². The molecule has 494 valence electrons. The van der Waals surface area contributed by atoms with Crippen molar-refractivity contribution in [3.63, 3.8) is 0 Å². The molecule has 20 nitrogen and oxygen atoms in total. The number of nitrogens with one attached hydrogen (secondary N) is 5. The summed E-state index contributed by atoms with van der Waals surface area (Å²) >= 11 is 0. The summed E-state index contributed by atoms with van der Waals surface area (Å²) < 4.78 is 24.8. The molecule has 9 heterocycles. The number of para-hydroxylation sites is 3. The summed E-state index contributed by atoms with van der Waals surface area (Å²) in [7, 11) is 5.30. The summed E-state index contributed by atoms with van der Waals surface area (Å²) in [6, 6.07) is 29.7. The predicted molar refractivity (Wildman–Crippen MR) is 378 cm³/mol. The van der Waals surface area contributed by atoms with Crippen molar-refractivity contribution < 1.29 is 41.7 Å². The van der Waals surface area contributed by atoms with E-state index in [9.17, 15) is 19.2 Å². The maximum atomic E-state index is 12.8. The minimum Gasteiger partial charge on any atom is -0.459 e. The summed E-state index contributed by atoms with van der Waals surface area (Å²) in [6.45, 7) is 18.9. The van der Waals surface area contributed by atoms with Crippen LogP contribution in [0.1, 0.15) is 103 Å². The maximum Gasteiger partial charge on any atom is 0.596 e. The van der Waals surface area contributed by atoms with Crippen LogP contribution in [0.2, 0.25) is 0 Å². The van der Waals surface area contributed by atoms with E-state index in [-0.39, 0.29) is 45.0 Å². The van der Waals surface area contributed by atoms with Gasteiger partial charge in [-0.3, -0.25) is 14.4 Å². The second-order valence-electron chi connectivity index (χ2n) is 23.7. The zero-order valence-electron chi connectivity index (χ0n) is 53.5. The molecule has 6 aromatic heterocycles. The molecule has 5 N–H and O–H groups in total.